The van der Waals surface area contributed by atoms with E-state index in [2.05, 4.69) is 76.7 Å². The minimum absolute atomic E-state index is 0.0263. The maximum atomic E-state index is 14.0. The Bertz CT molecular complexity index is 1870. The van der Waals surface area contributed by atoms with Crippen molar-refractivity contribution in [2.45, 2.75) is 70.6 Å². The molecule has 2 N–H and O–H groups in total. The SMILES string of the molecule is CCC(Nc1c(C#N)cnc2c(Cl)cc(NC(c3ccc(F)cc3)c3cn(C4CCN(C(C)(C)C)CC4)nn3)cc12)c1ccccc1. The first-order valence-corrected chi connectivity index (χ1v) is 16.5. The van der Waals surface area contributed by atoms with Gasteiger partial charge in [0.2, 0.25) is 0 Å². The summed E-state index contributed by atoms with van der Waals surface area (Å²) in [5.41, 5.74) is 5.19. The molecule has 0 saturated carbocycles. The van der Waals surface area contributed by atoms with E-state index in [-0.39, 0.29) is 23.4 Å². The molecule has 1 aliphatic rings. The third kappa shape index (κ3) is 7.09. The summed E-state index contributed by atoms with van der Waals surface area (Å²) in [5.74, 6) is -0.315. The van der Waals surface area contributed by atoms with Gasteiger partial charge in [-0.15, -0.1) is 5.10 Å². The zero-order valence-electron chi connectivity index (χ0n) is 27.2. The molecule has 0 aliphatic carbocycles. The molecule has 1 saturated heterocycles. The quantitative estimate of drug-likeness (QED) is 0.165. The van der Waals surface area contributed by atoms with Crippen molar-refractivity contribution in [3.8, 4) is 6.07 Å². The van der Waals surface area contributed by atoms with Gasteiger partial charge in [0.25, 0.3) is 0 Å². The lowest BCUT2D eigenvalue weighted by Gasteiger charge is -2.40. The molecule has 5 aromatic rings. The number of hydrogen-bond acceptors (Lipinski definition) is 7. The minimum Gasteiger partial charge on any atom is -0.377 e. The van der Waals surface area contributed by atoms with Crippen molar-refractivity contribution in [3.63, 3.8) is 0 Å². The third-order valence-corrected chi connectivity index (χ3v) is 9.39. The van der Waals surface area contributed by atoms with Crippen LogP contribution < -0.4 is 10.6 Å². The van der Waals surface area contributed by atoms with Gasteiger partial charge in [-0.2, -0.15) is 5.26 Å². The van der Waals surface area contributed by atoms with Crippen molar-refractivity contribution in [2.24, 2.45) is 0 Å². The van der Waals surface area contributed by atoms with E-state index in [9.17, 15) is 9.65 Å². The second-order valence-corrected chi connectivity index (χ2v) is 13.6. The highest BCUT2D eigenvalue weighted by Crippen LogP contribution is 2.37. The molecule has 0 amide bonds. The summed E-state index contributed by atoms with van der Waals surface area (Å²) in [7, 11) is 0. The molecule has 2 aromatic heterocycles. The Kier molecular flexibility index (Phi) is 9.44. The van der Waals surface area contributed by atoms with Gasteiger partial charge >= 0.3 is 0 Å². The summed E-state index contributed by atoms with van der Waals surface area (Å²) < 4.78 is 16.0. The van der Waals surface area contributed by atoms with Gasteiger partial charge in [0.15, 0.2) is 0 Å². The average Bonchev–Trinajstić information content (AvgIpc) is 3.57. The number of nitrogens with zero attached hydrogens (tertiary/aromatic N) is 6. The molecule has 47 heavy (non-hydrogen) atoms. The molecule has 6 rings (SSSR count). The lowest BCUT2D eigenvalue weighted by molar-refractivity contribution is 0.0866. The van der Waals surface area contributed by atoms with Gasteiger partial charge in [0.1, 0.15) is 17.6 Å². The number of anilines is 2. The van der Waals surface area contributed by atoms with Crippen LogP contribution in [-0.2, 0) is 0 Å². The van der Waals surface area contributed by atoms with Crippen LogP contribution >= 0.6 is 11.6 Å². The number of halogens is 2. The monoisotopic (exact) mass is 650 g/mol. The largest absolute Gasteiger partial charge is 0.377 e. The Morgan fingerprint density at radius 3 is 2.40 bits per heavy atom. The second kappa shape index (κ2) is 13.7. The Hall–Kier alpha value is -4.52. The van der Waals surface area contributed by atoms with E-state index in [0.717, 1.165) is 48.9 Å². The number of hydrogen-bond donors (Lipinski definition) is 2. The number of benzene rings is 3. The van der Waals surface area contributed by atoms with Crippen LogP contribution in [0.1, 0.15) is 87.5 Å². The number of pyridine rings is 1. The number of piperidine rings is 1. The number of likely N-dealkylation sites (tertiary alicyclic amines) is 1. The number of nitrogens with one attached hydrogen (secondary N) is 2. The van der Waals surface area contributed by atoms with Crippen molar-refractivity contribution in [2.75, 3.05) is 23.7 Å². The molecule has 242 valence electrons. The molecule has 2 atom stereocenters. The van der Waals surface area contributed by atoms with E-state index in [1.165, 1.54) is 12.1 Å². The van der Waals surface area contributed by atoms with Gasteiger partial charge in [0, 0.05) is 35.9 Å². The summed E-state index contributed by atoms with van der Waals surface area (Å²) >= 11 is 6.86. The first-order valence-electron chi connectivity index (χ1n) is 16.2. The van der Waals surface area contributed by atoms with Gasteiger partial charge in [-0.25, -0.2) is 9.07 Å². The van der Waals surface area contributed by atoms with Gasteiger partial charge in [-0.3, -0.25) is 9.88 Å². The summed E-state index contributed by atoms with van der Waals surface area (Å²) in [6, 6.07) is 22.4. The summed E-state index contributed by atoms with van der Waals surface area (Å²) in [4.78, 5) is 7.05. The fourth-order valence-corrected chi connectivity index (χ4v) is 6.68. The molecule has 0 bridgehead atoms. The van der Waals surface area contributed by atoms with Crippen LogP contribution in [0.15, 0.2) is 79.1 Å². The fraction of sp³-hybridized carbons (Fsp3) is 0.351. The molecule has 8 nitrogen and oxygen atoms in total. The molecule has 1 aliphatic heterocycles. The first-order chi connectivity index (χ1) is 22.6. The van der Waals surface area contributed by atoms with Gasteiger partial charge in [0.05, 0.1) is 46.1 Å². The van der Waals surface area contributed by atoms with E-state index >= 15 is 0 Å². The van der Waals surface area contributed by atoms with E-state index in [1.54, 1.807) is 18.3 Å². The highest BCUT2D eigenvalue weighted by Gasteiger charge is 2.29. The lowest BCUT2D eigenvalue weighted by Crippen LogP contribution is -2.46. The predicted octanol–water partition coefficient (Wildman–Crippen LogP) is 8.69. The minimum atomic E-state index is -0.441. The Morgan fingerprint density at radius 1 is 1.02 bits per heavy atom. The molecule has 3 heterocycles. The summed E-state index contributed by atoms with van der Waals surface area (Å²) in [5, 5.41) is 27.6. The van der Waals surface area contributed by atoms with Crippen molar-refractivity contribution in [1.29, 1.82) is 5.26 Å². The normalized spacial score (nSPS) is 15.7. The predicted molar refractivity (Wildman–Crippen MR) is 186 cm³/mol. The number of rotatable bonds is 9. The second-order valence-electron chi connectivity index (χ2n) is 13.2. The van der Waals surface area contributed by atoms with Crippen molar-refractivity contribution in [3.05, 3.63) is 112 Å². The Balaban J connectivity index is 1.35. The van der Waals surface area contributed by atoms with Crippen LogP contribution in [0, 0.1) is 17.1 Å². The molecular formula is C37H40ClFN8. The fourth-order valence-electron chi connectivity index (χ4n) is 6.42. The molecule has 3 aromatic carbocycles. The van der Waals surface area contributed by atoms with Crippen LogP contribution in [0.4, 0.5) is 15.8 Å². The maximum Gasteiger partial charge on any atom is 0.123 e. The van der Waals surface area contributed by atoms with Crippen molar-refractivity contribution >= 4 is 33.9 Å². The van der Waals surface area contributed by atoms with Gasteiger partial charge in [-0.1, -0.05) is 66.2 Å². The Labute approximate surface area is 280 Å². The molecular weight excluding hydrogens is 611 g/mol. The highest BCUT2D eigenvalue weighted by molar-refractivity contribution is 6.35. The highest BCUT2D eigenvalue weighted by atomic mass is 35.5. The number of fused-ring (bicyclic) bond motifs is 1. The molecule has 1 fully saturated rings. The van der Waals surface area contributed by atoms with Gasteiger partial charge < -0.3 is 10.6 Å². The number of aromatic nitrogens is 4. The zero-order valence-corrected chi connectivity index (χ0v) is 28.0. The average molecular weight is 651 g/mol. The van der Waals surface area contributed by atoms with Crippen LogP contribution in [-0.4, -0.2) is 43.5 Å². The molecule has 0 radical (unpaired) electrons. The molecule has 10 heteroatoms. The summed E-state index contributed by atoms with van der Waals surface area (Å²) in [6.07, 6.45) is 6.34. The van der Waals surface area contributed by atoms with Crippen molar-refractivity contribution in [1.82, 2.24) is 24.9 Å². The van der Waals surface area contributed by atoms with Crippen LogP contribution in [0.25, 0.3) is 10.9 Å². The van der Waals surface area contributed by atoms with Crippen LogP contribution in [0.3, 0.4) is 0 Å². The smallest absolute Gasteiger partial charge is 0.123 e. The third-order valence-electron chi connectivity index (χ3n) is 9.10. The van der Waals surface area contributed by atoms with E-state index in [1.807, 2.05) is 41.2 Å². The van der Waals surface area contributed by atoms with Crippen LogP contribution in [0.2, 0.25) is 5.02 Å². The van der Waals surface area contributed by atoms with E-state index in [4.69, 9.17) is 11.6 Å². The molecule has 0 spiro atoms. The van der Waals surface area contributed by atoms with Crippen LogP contribution in [0.5, 0.6) is 0 Å². The number of nitriles is 1. The first kappa shape index (κ1) is 32.4. The zero-order chi connectivity index (χ0) is 33.1. The van der Waals surface area contributed by atoms with Crippen molar-refractivity contribution < 1.29 is 4.39 Å². The lowest BCUT2D eigenvalue weighted by atomic mass is 9.98. The maximum absolute atomic E-state index is 14.0. The Morgan fingerprint density at radius 2 is 1.74 bits per heavy atom. The van der Waals surface area contributed by atoms with Gasteiger partial charge in [-0.05, 0) is 75.4 Å². The standard InChI is InChI=1S/C37H40ClFN8/c1-5-32(24-9-7-6-8-10-24)43-34-26(21-40)22-41-36-30(34)19-28(20-31(36)38)42-35(25-11-13-27(39)14-12-25)33-23-47(45-44-33)29-15-17-46(18-16-29)37(2,3)4/h6-14,19-20,22-23,29,32,35,42H,5,15-18H2,1-4H3,(H,41,43). The topological polar surface area (TPSA) is 94.7 Å². The summed E-state index contributed by atoms with van der Waals surface area (Å²) in [6.45, 7) is 10.9. The van der Waals surface area contributed by atoms with E-state index < -0.39 is 6.04 Å². The molecule has 2 unspecified atom stereocenters. The van der Waals surface area contributed by atoms with E-state index in [0.29, 0.717) is 33.2 Å².